The smallest absolute Gasteiger partial charge is 0.317 e. The van der Waals surface area contributed by atoms with Crippen LogP contribution in [0.3, 0.4) is 0 Å². The molecule has 0 unspecified atom stereocenters. The molecule has 0 radical (unpaired) electrons. The summed E-state index contributed by atoms with van der Waals surface area (Å²) in [6.45, 7) is 1.94. The molecule has 0 aliphatic heterocycles. The van der Waals surface area contributed by atoms with E-state index >= 15 is 0 Å². The average molecular weight is 260 g/mol. The zero-order chi connectivity index (χ0) is 13.8. The molecule has 100 valence electrons. The molecule has 0 spiro atoms. The zero-order valence-corrected chi connectivity index (χ0v) is 10.8. The molecule has 0 saturated heterocycles. The van der Waals surface area contributed by atoms with Crippen LogP contribution in [0.4, 0.5) is 0 Å². The first-order valence-electron chi connectivity index (χ1n) is 6.39. The number of ketones is 2. The van der Waals surface area contributed by atoms with E-state index in [4.69, 9.17) is 4.74 Å². The van der Waals surface area contributed by atoms with Gasteiger partial charge in [-0.15, -0.1) is 0 Å². The molecular weight excluding hydrogens is 244 g/mol. The molecule has 1 aliphatic carbocycles. The SMILES string of the molecule is CCOC(=O)[C@H]1C(=O)CC(=O)C[C@@H]1c1ccccc1. The van der Waals surface area contributed by atoms with Crippen molar-refractivity contribution in [3.05, 3.63) is 35.9 Å². The molecule has 0 N–H and O–H groups in total. The fraction of sp³-hybridized carbons (Fsp3) is 0.400. The number of ether oxygens (including phenoxy) is 1. The molecule has 19 heavy (non-hydrogen) atoms. The molecule has 4 nitrogen and oxygen atoms in total. The molecule has 0 heterocycles. The molecule has 2 atom stereocenters. The van der Waals surface area contributed by atoms with Crippen molar-refractivity contribution in [3.63, 3.8) is 0 Å². The predicted octanol–water partition coefficient (Wildman–Crippen LogP) is 1.88. The molecule has 4 heteroatoms. The van der Waals surface area contributed by atoms with Crippen LogP contribution in [0.25, 0.3) is 0 Å². The molecule has 1 aromatic carbocycles. The summed E-state index contributed by atoms with van der Waals surface area (Å²) >= 11 is 0. The van der Waals surface area contributed by atoms with Crippen molar-refractivity contribution in [2.24, 2.45) is 5.92 Å². The molecule has 0 amide bonds. The lowest BCUT2D eigenvalue weighted by atomic mass is 9.74. The Hall–Kier alpha value is -1.97. The van der Waals surface area contributed by atoms with Crippen LogP contribution in [0.2, 0.25) is 0 Å². The highest BCUT2D eigenvalue weighted by atomic mass is 16.5. The summed E-state index contributed by atoms with van der Waals surface area (Å²) in [4.78, 5) is 35.5. The standard InChI is InChI=1S/C15H16O4/c1-2-19-15(18)14-12(8-11(16)9-13(14)17)10-6-4-3-5-7-10/h3-7,12,14H,2,8-9H2,1H3/t12-,14-/m1/s1. The average Bonchev–Trinajstić information content (AvgIpc) is 2.39. The highest BCUT2D eigenvalue weighted by Gasteiger charge is 2.42. The Labute approximate surface area is 111 Å². The quantitative estimate of drug-likeness (QED) is 0.615. The molecule has 1 saturated carbocycles. The minimum atomic E-state index is -0.847. The first kappa shape index (κ1) is 13.5. The number of esters is 1. The summed E-state index contributed by atoms with van der Waals surface area (Å²) < 4.78 is 4.97. The van der Waals surface area contributed by atoms with Gasteiger partial charge in [0.15, 0.2) is 5.78 Å². The van der Waals surface area contributed by atoms with E-state index in [1.807, 2.05) is 30.3 Å². The molecule has 2 rings (SSSR count). The fourth-order valence-corrected chi connectivity index (χ4v) is 2.50. The second kappa shape index (κ2) is 5.78. The lowest BCUT2D eigenvalue weighted by Crippen LogP contribution is -2.38. The van der Waals surface area contributed by atoms with Crippen molar-refractivity contribution in [2.45, 2.75) is 25.7 Å². The van der Waals surface area contributed by atoms with Crippen molar-refractivity contribution in [1.29, 1.82) is 0 Å². The van der Waals surface area contributed by atoms with Crippen LogP contribution >= 0.6 is 0 Å². The maximum atomic E-state index is 12.0. The minimum Gasteiger partial charge on any atom is -0.465 e. The van der Waals surface area contributed by atoms with E-state index in [9.17, 15) is 14.4 Å². The number of carbonyl (C=O) groups excluding carboxylic acids is 3. The summed E-state index contributed by atoms with van der Waals surface area (Å²) in [7, 11) is 0. The van der Waals surface area contributed by atoms with Gasteiger partial charge in [0.2, 0.25) is 0 Å². The maximum Gasteiger partial charge on any atom is 0.317 e. The number of carbonyl (C=O) groups is 3. The van der Waals surface area contributed by atoms with Gasteiger partial charge in [-0.3, -0.25) is 14.4 Å². The van der Waals surface area contributed by atoms with Crippen molar-refractivity contribution in [1.82, 2.24) is 0 Å². The first-order valence-corrected chi connectivity index (χ1v) is 6.39. The van der Waals surface area contributed by atoms with E-state index in [0.29, 0.717) is 0 Å². The van der Waals surface area contributed by atoms with Gasteiger partial charge >= 0.3 is 5.97 Å². The van der Waals surface area contributed by atoms with E-state index in [2.05, 4.69) is 0 Å². The van der Waals surface area contributed by atoms with E-state index < -0.39 is 17.8 Å². The Bertz CT molecular complexity index is 492. The van der Waals surface area contributed by atoms with Crippen LogP contribution in [0.1, 0.15) is 31.2 Å². The van der Waals surface area contributed by atoms with Gasteiger partial charge < -0.3 is 4.74 Å². The molecular formula is C15H16O4. The molecule has 1 aromatic rings. The van der Waals surface area contributed by atoms with Gasteiger partial charge in [-0.2, -0.15) is 0 Å². The second-order valence-electron chi connectivity index (χ2n) is 4.63. The van der Waals surface area contributed by atoms with Gasteiger partial charge in [0.1, 0.15) is 11.7 Å². The minimum absolute atomic E-state index is 0.112. The van der Waals surface area contributed by atoms with Gasteiger partial charge in [0.05, 0.1) is 13.0 Å². The highest BCUT2D eigenvalue weighted by Crippen LogP contribution is 2.35. The Morgan fingerprint density at radius 2 is 1.95 bits per heavy atom. The maximum absolute atomic E-state index is 12.0. The van der Waals surface area contributed by atoms with Crippen molar-refractivity contribution in [2.75, 3.05) is 6.61 Å². The Kier molecular flexibility index (Phi) is 4.10. The number of benzene rings is 1. The summed E-state index contributed by atoms with van der Waals surface area (Å²) in [6.07, 6.45) is 0.0616. The van der Waals surface area contributed by atoms with Gasteiger partial charge in [-0.1, -0.05) is 30.3 Å². The van der Waals surface area contributed by atoms with E-state index in [1.54, 1.807) is 6.92 Å². The summed E-state index contributed by atoms with van der Waals surface area (Å²) in [5.41, 5.74) is 0.835. The van der Waals surface area contributed by atoms with Gasteiger partial charge in [-0.05, 0) is 12.5 Å². The number of rotatable bonds is 3. The third kappa shape index (κ3) is 2.89. The van der Waals surface area contributed by atoms with Crippen molar-refractivity contribution >= 4 is 17.5 Å². The van der Waals surface area contributed by atoms with Gasteiger partial charge in [-0.25, -0.2) is 0 Å². The lowest BCUT2D eigenvalue weighted by Gasteiger charge is -2.28. The normalized spacial score (nSPS) is 23.2. The third-order valence-electron chi connectivity index (χ3n) is 3.34. The highest BCUT2D eigenvalue weighted by molar-refractivity contribution is 6.11. The Balaban J connectivity index is 2.32. The third-order valence-corrected chi connectivity index (χ3v) is 3.34. The summed E-state index contributed by atoms with van der Waals surface area (Å²) in [6, 6.07) is 9.20. The van der Waals surface area contributed by atoms with E-state index in [0.717, 1.165) is 5.56 Å². The van der Waals surface area contributed by atoms with Crippen molar-refractivity contribution < 1.29 is 19.1 Å². The van der Waals surface area contributed by atoms with Crippen LogP contribution in [0, 0.1) is 5.92 Å². The lowest BCUT2D eigenvalue weighted by molar-refractivity contribution is -0.154. The zero-order valence-electron chi connectivity index (χ0n) is 10.8. The van der Waals surface area contributed by atoms with Crippen molar-refractivity contribution in [3.8, 4) is 0 Å². The van der Waals surface area contributed by atoms with Gasteiger partial charge in [0, 0.05) is 12.3 Å². The van der Waals surface area contributed by atoms with Crippen LogP contribution in [-0.4, -0.2) is 24.1 Å². The fourth-order valence-electron chi connectivity index (χ4n) is 2.50. The van der Waals surface area contributed by atoms with Crippen LogP contribution in [-0.2, 0) is 19.1 Å². The predicted molar refractivity (Wildman–Crippen MR) is 68.6 cm³/mol. The summed E-state index contributed by atoms with van der Waals surface area (Å²) in [5.74, 6) is -2.20. The number of hydrogen-bond acceptors (Lipinski definition) is 4. The molecule has 1 aliphatic rings. The van der Waals surface area contributed by atoms with E-state index in [-0.39, 0.29) is 31.0 Å². The Morgan fingerprint density at radius 1 is 1.26 bits per heavy atom. The first-order chi connectivity index (χ1) is 9.13. The summed E-state index contributed by atoms with van der Waals surface area (Å²) in [5, 5.41) is 0. The largest absolute Gasteiger partial charge is 0.465 e. The van der Waals surface area contributed by atoms with E-state index in [1.165, 1.54) is 0 Å². The molecule has 0 aromatic heterocycles. The van der Waals surface area contributed by atoms with Crippen LogP contribution < -0.4 is 0 Å². The topological polar surface area (TPSA) is 60.4 Å². The Morgan fingerprint density at radius 3 is 2.58 bits per heavy atom. The second-order valence-corrected chi connectivity index (χ2v) is 4.63. The molecule has 1 fully saturated rings. The van der Waals surface area contributed by atoms with Crippen LogP contribution in [0.15, 0.2) is 30.3 Å². The monoisotopic (exact) mass is 260 g/mol. The number of Topliss-reactive ketones (excluding diaryl/α,β-unsaturated/α-hetero) is 2. The molecule has 0 bridgehead atoms. The number of hydrogen-bond donors (Lipinski definition) is 0. The van der Waals surface area contributed by atoms with Gasteiger partial charge in [0.25, 0.3) is 0 Å². The van der Waals surface area contributed by atoms with Crippen LogP contribution in [0.5, 0.6) is 0 Å².